The van der Waals surface area contributed by atoms with Crippen LogP contribution in [-0.2, 0) is 6.42 Å². The lowest BCUT2D eigenvalue weighted by Gasteiger charge is -2.21. The zero-order chi connectivity index (χ0) is 17.6. The van der Waals surface area contributed by atoms with E-state index in [1.54, 1.807) is 0 Å². The summed E-state index contributed by atoms with van der Waals surface area (Å²) in [5.74, 6) is 0.650. The van der Waals surface area contributed by atoms with Gasteiger partial charge in [-0.15, -0.1) is 0 Å². The fourth-order valence-corrected chi connectivity index (χ4v) is 3.41. The molecule has 3 rings (SSSR count). The maximum absolute atomic E-state index is 12.5. The number of nitrogens with two attached hydrogens (primary N) is 1. The lowest BCUT2D eigenvalue weighted by Crippen LogP contribution is -2.34. The Labute approximate surface area is 148 Å². The van der Waals surface area contributed by atoms with Crippen LogP contribution in [0.3, 0.4) is 0 Å². The maximum Gasteiger partial charge on any atom is 0.273 e. The first-order chi connectivity index (χ1) is 12.2. The van der Waals surface area contributed by atoms with Crippen molar-refractivity contribution in [2.45, 2.75) is 38.1 Å². The van der Waals surface area contributed by atoms with E-state index in [9.17, 15) is 4.79 Å². The maximum atomic E-state index is 12.5. The Bertz CT molecular complexity index is 707. The van der Waals surface area contributed by atoms with Crippen LogP contribution in [-0.4, -0.2) is 30.5 Å². The van der Waals surface area contributed by atoms with Gasteiger partial charge in [0.2, 0.25) is 0 Å². The van der Waals surface area contributed by atoms with Crippen molar-refractivity contribution in [3.05, 3.63) is 53.2 Å². The second-order valence-corrected chi connectivity index (χ2v) is 6.48. The average Bonchev–Trinajstić information content (AvgIpc) is 3.16. The number of piperidine rings is 1. The van der Waals surface area contributed by atoms with Gasteiger partial charge in [0.25, 0.3) is 5.91 Å². The summed E-state index contributed by atoms with van der Waals surface area (Å²) < 4.78 is 5.51. The number of carbonyl (C=O) groups is 1. The predicted molar refractivity (Wildman–Crippen MR) is 96.4 cm³/mol. The number of rotatable bonds is 6. The Morgan fingerprint density at radius 1 is 1.48 bits per heavy atom. The third-order valence-electron chi connectivity index (χ3n) is 4.80. The van der Waals surface area contributed by atoms with Gasteiger partial charge in [0.05, 0.1) is 0 Å². The molecule has 25 heavy (non-hydrogen) atoms. The summed E-state index contributed by atoms with van der Waals surface area (Å²) in [6.07, 6.45) is 4.35. The molecule has 134 valence electrons. The van der Waals surface area contributed by atoms with Crippen LogP contribution < -0.4 is 16.4 Å². The molecule has 6 nitrogen and oxygen atoms in total. The highest BCUT2D eigenvalue weighted by molar-refractivity contribution is 5.93. The van der Waals surface area contributed by atoms with E-state index in [0.29, 0.717) is 18.0 Å². The lowest BCUT2D eigenvalue weighted by molar-refractivity contribution is 0.0943. The minimum Gasteiger partial charge on any atom is -0.447 e. The molecular weight excluding hydrogens is 316 g/mol. The molecule has 2 aromatic rings. The van der Waals surface area contributed by atoms with Gasteiger partial charge in [0.15, 0.2) is 12.1 Å². The van der Waals surface area contributed by atoms with Crippen molar-refractivity contribution in [2.75, 3.05) is 19.6 Å². The largest absolute Gasteiger partial charge is 0.447 e. The van der Waals surface area contributed by atoms with Crippen LogP contribution >= 0.6 is 0 Å². The first-order valence-electron chi connectivity index (χ1n) is 8.96. The zero-order valence-corrected chi connectivity index (χ0v) is 14.6. The normalized spacial score (nSPS) is 18.7. The van der Waals surface area contributed by atoms with Crippen LogP contribution in [0.5, 0.6) is 0 Å². The van der Waals surface area contributed by atoms with E-state index in [2.05, 4.69) is 28.6 Å². The van der Waals surface area contributed by atoms with Gasteiger partial charge in [-0.2, -0.15) is 0 Å². The predicted octanol–water partition coefficient (Wildman–Crippen LogP) is 2.13. The zero-order valence-electron chi connectivity index (χ0n) is 14.6. The first kappa shape index (κ1) is 17.6. The van der Waals surface area contributed by atoms with Gasteiger partial charge in [-0.05, 0) is 36.9 Å². The molecule has 1 saturated heterocycles. The average molecular weight is 342 g/mol. The van der Waals surface area contributed by atoms with E-state index < -0.39 is 0 Å². The summed E-state index contributed by atoms with van der Waals surface area (Å²) in [5.41, 5.74) is 8.94. The Kier molecular flexibility index (Phi) is 5.83. The van der Waals surface area contributed by atoms with Crippen molar-refractivity contribution in [3.8, 4) is 0 Å². The van der Waals surface area contributed by atoms with E-state index in [4.69, 9.17) is 10.2 Å². The summed E-state index contributed by atoms with van der Waals surface area (Å²) in [5, 5.41) is 6.24. The van der Waals surface area contributed by atoms with Gasteiger partial charge in [0.1, 0.15) is 5.76 Å². The Morgan fingerprint density at radius 2 is 2.32 bits per heavy atom. The highest BCUT2D eigenvalue weighted by Crippen LogP contribution is 2.26. The molecule has 1 amide bonds. The van der Waals surface area contributed by atoms with Gasteiger partial charge >= 0.3 is 0 Å². The fraction of sp³-hybridized carbons (Fsp3) is 0.474. The molecule has 1 aromatic heterocycles. The molecule has 0 bridgehead atoms. The second kappa shape index (κ2) is 8.27. The third-order valence-corrected chi connectivity index (χ3v) is 4.80. The number of hydrogen-bond donors (Lipinski definition) is 3. The summed E-state index contributed by atoms with van der Waals surface area (Å²) in [6.45, 7) is 4.30. The van der Waals surface area contributed by atoms with Crippen LogP contribution in [0, 0.1) is 0 Å². The van der Waals surface area contributed by atoms with E-state index in [1.165, 1.54) is 12.0 Å². The number of hydrogen-bond acceptors (Lipinski definition) is 5. The van der Waals surface area contributed by atoms with E-state index in [1.807, 2.05) is 18.2 Å². The molecule has 6 heteroatoms. The van der Waals surface area contributed by atoms with E-state index >= 15 is 0 Å². The topological polar surface area (TPSA) is 93.2 Å². The number of aryl methyl sites for hydroxylation is 1. The number of amides is 1. The minimum atomic E-state index is -0.244. The van der Waals surface area contributed by atoms with Crippen molar-refractivity contribution >= 4 is 5.91 Å². The molecule has 1 aromatic carbocycles. The second-order valence-electron chi connectivity index (χ2n) is 6.48. The molecule has 2 heterocycles. The van der Waals surface area contributed by atoms with Crippen LogP contribution in [0.2, 0.25) is 0 Å². The van der Waals surface area contributed by atoms with Gasteiger partial charge < -0.3 is 20.8 Å². The molecule has 0 spiro atoms. The summed E-state index contributed by atoms with van der Waals surface area (Å²) in [6, 6.07) is 7.83. The fourth-order valence-electron chi connectivity index (χ4n) is 3.41. The molecule has 4 N–H and O–H groups in total. The summed E-state index contributed by atoms with van der Waals surface area (Å²) in [7, 11) is 0. The third kappa shape index (κ3) is 4.08. The summed E-state index contributed by atoms with van der Waals surface area (Å²) >= 11 is 0. The van der Waals surface area contributed by atoms with Gasteiger partial charge in [-0.3, -0.25) is 4.79 Å². The van der Waals surface area contributed by atoms with Crippen molar-refractivity contribution in [2.24, 2.45) is 5.73 Å². The van der Waals surface area contributed by atoms with Crippen LogP contribution in [0.4, 0.5) is 0 Å². The highest BCUT2D eigenvalue weighted by atomic mass is 16.3. The Balaban J connectivity index is 1.64. The van der Waals surface area contributed by atoms with Crippen LogP contribution in [0.25, 0.3) is 0 Å². The Morgan fingerprint density at radius 3 is 3.08 bits per heavy atom. The van der Waals surface area contributed by atoms with Crippen molar-refractivity contribution in [1.29, 1.82) is 0 Å². The van der Waals surface area contributed by atoms with Crippen LogP contribution in [0.1, 0.15) is 59.1 Å². The van der Waals surface area contributed by atoms with Crippen molar-refractivity contribution in [3.63, 3.8) is 0 Å². The number of benzene rings is 1. The molecule has 2 atom stereocenters. The molecule has 1 aliphatic rings. The molecule has 0 saturated carbocycles. The molecule has 2 unspecified atom stereocenters. The standard InChI is InChI=1S/C19H26N4O2/c1-2-13-6-3-4-8-15(13)16(20)11-22-19(24)17-18(25-12-23-17)14-7-5-9-21-10-14/h3-4,6,8,12,14,16,21H,2,5,7,9-11,20H2,1H3,(H,22,24). The molecular formula is C19H26N4O2. The lowest BCUT2D eigenvalue weighted by atomic mass is 9.95. The quantitative estimate of drug-likeness (QED) is 0.748. The first-order valence-corrected chi connectivity index (χ1v) is 8.96. The highest BCUT2D eigenvalue weighted by Gasteiger charge is 2.26. The minimum absolute atomic E-state index is 0.200. The smallest absolute Gasteiger partial charge is 0.273 e. The monoisotopic (exact) mass is 342 g/mol. The van der Waals surface area contributed by atoms with Gasteiger partial charge in [-0.25, -0.2) is 4.98 Å². The number of nitrogens with zero attached hydrogens (tertiary/aromatic N) is 1. The van der Waals surface area contributed by atoms with Crippen molar-refractivity contribution < 1.29 is 9.21 Å². The van der Waals surface area contributed by atoms with E-state index in [-0.39, 0.29) is 17.9 Å². The van der Waals surface area contributed by atoms with Gasteiger partial charge in [-0.1, -0.05) is 31.2 Å². The number of nitrogens with one attached hydrogen (secondary N) is 2. The van der Waals surface area contributed by atoms with Gasteiger partial charge in [0, 0.05) is 25.0 Å². The van der Waals surface area contributed by atoms with Crippen molar-refractivity contribution in [1.82, 2.24) is 15.6 Å². The molecule has 1 fully saturated rings. The van der Waals surface area contributed by atoms with E-state index in [0.717, 1.165) is 37.9 Å². The number of oxazole rings is 1. The molecule has 1 aliphatic heterocycles. The molecule has 0 aliphatic carbocycles. The molecule has 0 radical (unpaired) electrons. The van der Waals surface area contributed by atoms with Crippen LogP contribution in [0.15, 0.2) is 35.1 Å². The summed E-state index contributed by atoms with van der Waals surface area (Å²) in [4.78, 5) is 16.7. The number of aromatic nitrogens is 1. The Hall–Kier alpha value is -2.18. The number of carbonyl (C=O) groups excluding carboxylic acids is 1. The SMILES string of the molecule is CCc1ccccc1C(N)CNC(=O)c1ncoc1C1CCCNC1.